The van der Waals surface area contributed by atoms with Crippen LogP contribution in [0.4, 0.5) is 5.69 Å². The molecular formula is C67H85N10O13S+. The molecule has 0 saturated heterocycles. The Morgan fingerprint density at radius 3 is 1.76 bits per heavy atom. The van der Waals surface area contributed by atoms with Gasteiger partial charge in [0.15, 0.2) is 0 Å². The number of carbonyl (C=O) groups is 7. The summed E-state index contributed by atoms with van der Waals surface area (Å²) in [6, 6.07) is 27.3. The highest BCUT2D eigenvalue weighted by atomic mass is 32.2. The first-order chi connectivity index (χ1) is 43.6. The summed E-state index contributed by atoms with van der Waals surface area (Å²) < 4.78 is 6.61. The van der Waals surface area contributed by atoms with Gasteiger partial charge in [0, 0.05) is 70.3 Å². The number of amides is 4. The predicted molar refractivity (Wildman–Crippen MR) is 350 cm³/mol. The molecule has 91 heavy (non-hydrogen) atoms. The number of aliphatic carboxylic acids is 2. The molecule has 4 amide bonds. The molecule has 24 heteroatoms. The number of aliphatic hydroxyl groups excluding tert-OH is 3. The van der Waals surface area contributed by atoms with Crippen molar-refractivity contribution in [2.24, 2.45) is 5.92 Å². The highest BCUT2D eigenvalue weighted by Gasteiger charge is 2.47. The molecular weight excluding hydrogens is 1180 g/mol. The Kier molecular flexibility index (Phi) is 26.0. The molecule has 0 radical (unpaired) electrons. The van der Waals surface area contributed by atoms with Gasteiger partial charge in [0.05, 0.1) is 95.0 Å². The van der Waals surface area contributed by atoms with E-state index in [1.165, 1.54) is 0 Å². The zero-order valence-corrected chi connectivity index (χ0v) is 53.4. The fraction of sp³-hybridized carbons (Fsp3) is 0.448. The van der Waals surface area contributed by atoms with E-state index in [1.54, 1.807) is 54.2 Å². The van der Waals surface area contributed by atoms with Gasteiger partial charge in [-0.2, -0.15) is 11.8 Å². The van der Waals surface area contributed by atoms with Gasteiger partial charge < -0.3 is 60.9 Å². The quantitative estimate of drug-likeness (QED) is 0.0123. The van der Waals surface area contributed by atoms with E-state index >= 15 is 0 Å². The van der Waals surface area contributed by atoms with Crippen LogP contribution >= 0.6 is 11.8 Å². The van der Waals surface area contributed by atoms with Gasteiger partial charge in [-0.3, -0.25) is 33.6 Å². The van der Waals surface area contributed by atoms with Gasteiger partial charge in [-0.05, 0) is 118 Å². The summed E-state index contributed by atoms with van der Waals surface area (Å²) in [5.41, 5.74) is 8.73. The number of rotatable bonds is 31. The standard InChI is InChI=1S/C65H78N10O13.C2H6S/c1-39-14-8-20-46-56(39)72-58-43(18-11-22-48(58)69-46)63(84)67-30-33-74(3)32-13-34-75(4,35-31-68-64(85)44-19-12-23-49-59(44)73-57-40(2)15-9-21-47(57)70-49)38-41-25-26-51(88-52-37-45(65(86)87)60(81)62(83)61(52)82)50(36-41)71-54(78)24-10-17-42(76)16-6-5-7-29-66-53(77)27-28-55(79)80;1-3-2/h8-9,11-12,14-15,18-23,25-26,36,45,52,60-62,81-83H,5-7,10,13,16-17,24,27-35,37-38H2,1-4H3,(H5-,66,67,68,71,77,78,79,80,84,85,86,87);1-2H3/p+1/t45-,52+,60+,61-,62-,75?;/m0./s1. The number of benzene rings is 5. The molecule has 2 aromatic heterocycles. The van der Waals surface area contributed by atoms with Gasteiger partial charge in [-0.25, -0.2) is 19.9 Å². The number of fused-ring (bicyclic) bond motifs is 4. The molecule has 9 N–H and O–H groups in total. The number of thioether (sulfide) groups is 1. The Morgan fingerprint density at radius 2 is 1.16 bits per heavy atom. The number of ether oxygens (including phenoxy) is 1. The fourth-order valence-corrected chi connectivity index (χ4v) is 11.2. The minimum Gasteiger partial charge on any atom is -0.485 e. The molecule has 6 atom stereocenters. The first-order valence-corrected chi connectivity index (χ1v) is 32.4. The molecule has 1 aliphatic rings. The number of hydrogen-bond acceptors (Lipinski definition) is 17. The lowest BCUT2D eigenvalue weighted by atomic mass is 9.80. The van der Waals surface area contributed by atoms with Crippen molar-refractivity contribution in [2.45, 2.75) is 115 Å². The Bertz CT molecular complexity index is 3720. The maximum absolute atomic E-state index is 14.1. The zero-order valence-electron chi connectivity index (χ0n) is 52.6. The number of hydrogen-bond donors (Lipinski definition) is 9. The van der Waals surface area contributed by atoms with Crippen LogP contribution in [0.1, 0.15) is 108 Å². The van der Waals surface area contributed by atoms with Crippen LogP contribution in [0.3, 0.4) is 0 Å². The molecule has 7 aromatic rings. The summed E-state index contributed by atoms with van der Waals surface area (Å²) in [4.78, 5) is 110. The van der Waals surface area contributed by atoms with E-state index < -0.39 is 48.2 Å². The number of carboxylic acid groups (broad SMARTS) is 2. The normalized spacial score (nSPS) is 17.0. The minimum absolute atomic E-state index is 0.0401. The van der Waals surface area contributed by atoms with Crippen molar-refractivity contribution >= 4 is 103 Å². The Balaban J connectivity index is 0.00000384. The number of Topliss-reactive ketones (excluding diaryl/α,β-unsaturated/α-hetero) is 1. The molecule has 0 bridgehead atoms. The van der Waals surface area contributed by atoms with E-state index in [2.05, 4.69) is 33.2 Å². The second-order valence-corrected chi connectivity index (χ2v) is 24.4. The van der Waals surface area contributed by atoms with Crippen molar-refractivity contribution < 1.29 is 68.3 Å². The lowest BCUT2D eigenvalue weighted by molar-refractivity contribution is -0.921. The lowest BCUT2D eigenvalue weighted by Crippen LogP contribution is -2.57. The third-order valence-electron chi connectivity index (χ3n) is 16.2. The molecule has 5 aromatic carbocycles. The van der Waals surface area contributed by atoms with Crippen molar-refractivity contribution in [3.8, 4) is 5.75 Å². The van der Waals surface area contributed by atoms with Crippen LogP contribution in [0.5, 0.6) is 5.75 Å². The maximum Gasteiger partial charge on any atom is 0.309 e. The van der Waals surface area contributed by atoms with Crippen molar-refractivity contribution in [1.82, 2.24) is 40.8 Å². The summed E-state index contributed by atoms with van der Waals surface area (Å²) in [7, 11) is 4.03. The topological polar surface area (TPSA) is 333 Å². The van der Waals surface area contributed by atoms with E-state index in [0.29, 0.717) is 115 Å². The van der Waals surface area contributed by atoms with Crippen molar-refractivity contribution in [2.75, 3.05) is 77.7 Å². The molecule has 1 aliphatic carbocycles. The first-order valence-electron chi connectivity index (χ1n) is 30.8. The second-order valence-electron chi connectivity index (χ2n) is 23.6. The van der Waals surface area contributed by atoms with Crippen LogP contribution in [0, 0.1) is 19.8 Å². The highest BCUT2D eigenvalue weighted by molar-refractivity contribution is 7.97. The number of ketones is 1. The summed E-state index contributed by atoms with van der Waals surface area (Å²) in [6.07, 6.45) is -0.0708. The van der Waals surface area contributed by atoms with Gasteiger partial charge in [0.25, 0.3) is 11.8 Å². The van der Waals surface area contributed by atoms with Crippen molar-refractivity contribution in [3.63, 3.8) is 0 Å². The number of para-hydroxylation sites is 4. The number of likely N-dealkylation sites (N-methyl/N-ethyl adjacent to an activating group) is 2. The Labute approximate surface area is 533 Å². The van der Waals surface area contributed by atoms with Gasteiger partial charge in [-0.15, -0.1) is 0 Å². The largest absolute Gasteiger partial charge is 0.485 e. The van der Waals surface area contributed by atoms with Gasteiger partial charge in [0.2, 0.25) is 11.8 Å². The number of anilines is 1. The number of nitrogens with one attached hydrogen (secondary N) is 4. The number of aryl methyl sites for hydroxylation is 2. The van der Waals surface area contributed by atoms with E-state index in [1.807, 2.05) is 81.9 Å². The smallest absolute Gasteiger partial charge is 0.309 e. The lowest BCUT2D eigenvalue weighted by Gasteiger charge is -2.39. The van der Waals surface area contributed by atoms with E-state index in [9.17, 15) is 54.0 Å². The van der Waals surface area contributed by atoms with E-state index in [-0.39, 0.29) is 86.4 Å². The number of carboxylic acids is 2. The molecule has 1 saturated carbocycles. The highest BCUT2D eigenvalue weighted by Crippen LogP contribution is 2.35. The molecule has 23 nitrogen and oxygen atoms in total. The van der Waals surface area contributed by atoms with Crippen LogP contribution < -0.4 is 26.0 Å². The average Bonchev–Trinajstić information content (AvgIpc) is 0.866. The van der Waals surface area contributed by atoms with E-state index in [4.69, 9.17) is 29.8 Å². The molecule has 1 unspecified atom stereocenters. The van der Waals surface area contributed by atoms with Crippen LogP contribution in [-0.4, -0.2) is 193 Å². The van der Waals surface area contributed by atoms with Crippen LogP contribution in [0.25, 0.3) is 44.1 Å². The number of quaternary nitrogens is 1. The number of carbonyl (C=O) groups excluding carboxylic acids is 5. The predicted octanol–water partition coefficient (Wildman–Crippen LogP) is 6.76. The maximum atomic E-state index is 14.1. The molecule has 0 spiro atoms. The summed E-state index contributed by atoms with van der Waals surface area (Å²) >= 11 is 1.75. The Morgan fingerprint density at radius 1 is 0.593 bits per heavy atom. The van der Waals surface area contributed by atoms with E-state index in [0.717, 1.165) is 33.2 Å². The van der Waals surface area contributed by atoms with Gasteiger partial charge in [0.1, 0.15) is 47.4 Å². The number of aliphatic hydroxyl groups is 3. The van der Waals surface area contributed by atoms with Crippen LogP contribution in [0.15, 0.2) is 91.0 Å². The molecule has 0 aliphatic heterocycles. The summed E-state index contributed by atoms with van der Waals surface area (Å²) in [5, 5.41) is 62.7. The SMILES string of the molecule is CSC.Cc1cccc2nc3cccc(C(=O)NCCN(C)CCC[N+](C)(CCNC(=O)c4cccc5nc6cccc(C)c6nc45)Cc4ccc(O[C@@H]5C[C@H](C(=O)O)[C@@H](O)[C@H](O)[C@H]5O)c(NC(=O)CCCC(=O)CCCCCNC(=O)CCC(=O)O)c4)c3nc12. The summed E-state index contributed by atoms with van der Waals surface area (Å²) in [5.74, 6) is -5.26. The van der Waals surface area contributed by atoms with Crippen molar-refractivity contribution in [1.29, 1.82) is 0 Å². The monoisotopic (exact) mass is 1270 g/mol. The number of unbranched alkanes of at least 4 members (excludes halogenated alkanes) is 2. The van der Waals surface area contributed by atoms with Gasteiger partial charge in [-0.1, -0.05) is 42.8 Å². The van der Waals surface area contributed by atoms with Crippen molar-refractivity contribution in [3.05, 3.63) is 119 Å². The fourth-order valence-electron chi connectivity index (χ4n) is 11.2. The van der Waals surface area contributed by atoms with Crippen LogP contribution in [0.2, 0.25) is 0 Å². The number of aromatic nitrogens is 4. The third kappa shape index (κ3) is 19.9. The molecule has 2 heterocycles. The molecule has 8 rings (SSSR count). The third-order valence-corrected chi connectivity index (χ3v) is 16.2. The minimum atomic E-state index is -1.84. The Hall–Kier alpha value is -8.26. The van der Waals surface area contributed by atoms with Crippen LogP contribution in [-0.2, 0) is 30.5 Å². The molecule has 486 valence electrons. The zero-order chi connectivity index (χ0) is 65.8. The van der Waals surface area contributed by atoms with Gasteiger partial charge >= 0.3 is 11.9 Å². The first kappa shape index (κ1) is 70.2. The number of nitrogens with zero attached hydrogens (tertiary/aromatic N) is 6. The second kappa shape index (κ2) is 33.7. The molecule has 1 fully saturated rings. The average molecular weight is 1270 g/mol. The summed E-state index contributed by atoms with van der Waals surface area (Å²) in [6.45, 7) is 7.46.